The van der Waals surface area contributed by atoms with Gasteiger partial charge in [0, 0.05) is 11.1 Å². The van der Waals surface area contributed by atoms with Gasteiger partial charge >= 0.3 is 0 Å². The summed E-state index contributed by atoms with van der Waals surface area (Å²) in [5.74, 6) is 1.43. The maximum Gasteiger partial charge on any atom is 0.0967 e. The molecule has 114 valence electrons. The fourth-order valence-corrected chi connectivity index (χ4v) is 3.38. The topological polar surface area (TPSA) is 32.7 Å². The van der Waals surface area contributed by atoms with Crippen LogP contribution in [0.1, 0.15) is 68.2 Å². The van der Waals surface area contributed by atoms with Gasteiger partial charge in [0.25, 0.3) is 0 Å². The highest BCUT2D eigenvalue weighted by Crippen LogP contribution is 2.44. The Bertz CT molecular complexity index is 284. The number of hydrogen-bond donors (Lipinski definition) is 1. The van der Waals surface area contributed by atoms with Crippen LogP contribution in [0, 0.1) is 11.8 Å². The van der Waals surface area contributed by atoms with Crippen LogP contribution < -0.4 is 0 Å². The lowest BCUT2D eigenvalue weighted by Crippen LogP contribution is -2.61. The first-order valence-corrected chi connectivity index (χ1v) is 7.51. The third-order valence-electron chi connectivity index (χ3n) is 4.11. The molecule has 1 heterocycles. The van der Waals surface area contributed by atoms with Gasteiger partial charge in [0.2, 0.25) is 0 Å². The Kier molecular flexibility index (Phi) is 4.76. The Balaban J connectivity index is 2.85. The lowest BCUT2D eigenvalue weighted by molar-refractivity contribution is -0.304. The van der Waals surface area contributed by atoms with E-state index in [1.807, 2.05) is 0 Å². The highest BCUT2D eigenvalue weighted by molar-refractivity contribution is 4.97. The minimum Gasteiger partial charge on any atom is -0.388 e. The highest BCUT2D eigenvalue weighted by Gasteiger charge is 2.47. The summed E-state index contributed by atoms with van der Waals surface area (Å²) < 4.78 is 0. The number of hydrogen-bond acceptors (Lipinski definition) is 3. The molecule has 0 aromatic heterocycles. The Labute approximate surface area is 119 Å². The van der Waals surface area contributed by atoms with Crippen molar-refractivity contribution in [1.82, 2.24) is 5.06 Å². The van der Waals surface area contributed by atoms with Crippen molar-refractivity contribution in [3.63, 3.8) is 0 Å². The number of aliphatic hydroxyl groups is 1. The van der Waals surface area contributed by atoms with E-state index in [4.69, 9.17) is 4.84 Å². The number of hydroxylamine groups is 2. The van der Waals surface area contributed by atoms with Crippen molar-refractivity contribution < 1.29 is 9.94 Å². The quantitative estimate of drug-likeness (QED) is 0.848. The summed E-state index contributed by atoms with van der Waals surface area (Å²) in [5, 5.41) is 12.0. The van der Waals surface area contributed by atoms with Crippen molar-refractivity contribution in [2.75, 3.05) is 6.61 Å². The first kappa shape index (κ1) is 16.9. The van der Waals surface area contributed by atoms with Gasteiger partial charge in [-0.2, -0.15) is 5.06 Å². The first-order valence-electron chi connectivity index (χ1n) is 7.51. The average molecular weight is 271 g/mol. The van der Waals surface area contributed by atoms with E-state index < -0.39 is 5.60 Å². The molecule has 0 radical (unpaired) electrons. The summed E-state index contributed by atoms with van der Waals surface area (Å²) in [4.78, 5) is 5.99. The second kappa shape index (κ2) is 5.34. The Morgan fingerprint density at radius 2 is 1.58 bits per heavy atom. The van der Waals surface area contributed by atoms with Gasteiger partial charge < -0.3 is 5.11 Å². The summed E-state index contributed by atoms with van der Waals surface area (Å²) >= 11 is 0. The predicted octanol–water partition coefficient (Wildman–Crippen LogP) is 3.61. The molecule has 0 aliphatic carbocycles. The molecule has 0 unspecified atom stereocenters. The predicted molar refractivity (Wildman–Crippen MR) is 79.8 cm³/mol. The van der Waals surface area contributed by atoms with E-state index in [0.717, 1.165) is 18.8 Å². The third kappa shape index (κ3) is 4.44. The molecule has 0 spiro atoms. The molecule has 3 heteroatoms. The van der Waals surface area contributed by atoms with Gasteiger partial charge in [0.05, 0.1) is 12.2 Å². The van der Waals surface area contributed by atoms with Gasteiger partial charge in [0.1, 0.15) is 0 Å². The molecule has 1 aliphatic heterocycles. The van der Waals surface area contributed by atoms with Crippen LogP contribution in [-0.4, -0.2) is 33.5 Å². The second-order valence-electron chi connectivity index (χ2n) is 8.42. The first-order chi connectivity index (χ1) is 8.35. The van der Waals surface area contributed by atoms with Crippen LogP contribution in [0.3, 0.4) is 0 Å². The monoisotopic (exact) mass is 271 g/mol. The van der Waals surface area contributed by atoms with Crippen molar-refractivity contribution in [3.05, 3.63) is 0 Å². The van der Waals surface area contributed by atoms with Crippen molar-refractivity contribution in [3.8, 4) is 0 Å². The van der Waals surface area contributed by atoms with E-state index in [1.165, 1.54) is 0 Å². The van der Waals surface area contributed by atoms with Crippen LogP contribution >= 0.6 is 0 Å². The average Bonchev–Trinajstić information content (AvgIpc) is 2.11. The SMILES string of the molecule is CC(C)C1CC(C)(C)N(OCC(C)(C)O)C(C)(C)C1. The minimum atomic E-state index is -0.791. The van der Waals surface area contributed by atoms with E-state index in [-0.39, 0.29) is 11.1 Å². The van der Waals surface area contributed by atoms with Crippen molar-refractivity contribution in [2.45, 2.75) is 84.9 Å². The zero-order valence-electron chi connectivity index (χ0n) is 14.1. The van der Waals surface area contributed by atoms with E-state index >= 15 is 0 Å². The molecule has 1 aliphatic rings. The van der Waals surface area contributed by atoms with Crippen LogP contribution in [0.2, 0.25) is 0 Å². The number of piperidine rings is 1. The molecule has 0 bridgehead atoms. The van der Waals surface area contributed by atoms with Crippen molar-refractivity contribution in [2.24, 2.45) is 11.8 Å². The normalized spacial score (nSPS) is 24.9. The molecular weight excluding hydrogens is 238 g/mol. The molecule has 1 rings (SSSR count). The van der Waals surface area contributed by atoms with Gasteiger partial charge in [0.15, 0.2) is 0 Å². The molecule has 1 fully saturated rings. The molecule has 3 nitrogen and oxygen atoms in total. The van der Waals surface area contributed by atoms with Gasteiger partial charge in [-0.1, -0.05) is 13.8 Å². The summed E-state index contributed by atoms with van der Waals surface area (Å²) in [6.45, 7) is 17.5. The molecule has 0 aromatic carbocycles. The summed E-state index contributed by atoms with van der Waals surface area (Å²) in [6.07, 6.45) is 2.28. The fraction of sp³-hybridized carbons (Fsp3) is 1.00. The Morgan fingerprint density at radius 1 is 1.16 bits per heavy atom. The molecule has 0 aromatic rings. The molecule has 1 saturated heterocycles. The lowest BCUT2D eigenvalue weighted by atomic mass is 9.71. The third-order valence-corrected chi connectivity index (χ3v) is 4.11. The molecule has 0 amide bonds. The molecule has 0 saturated carbocycles. The maximum absolute atomic E-state index is 9.88. The van der Waals surface area contributed by atoms with Crippen LogP contribution in [0.25, 0.3) is 0 Å². The largest absolute Gasteiger partial charge is 0.388 e. The minimum absolute atomic E-state index is 0.00192. The fourth-order valence-electron chi connectivity index (χ4n) is 3.38. The number of nitrogens with zero attached hydrogens (tertiary/aromatic N) is 1. The maximum atomic E-state index is 9.88. The zero-order chi connectivity index (χ0) is 15.1. The van der Waals surface area contributed by atoms with E-state index in [9.17, 15) is 5.11 Å². The van der Waals surface area contributed by atoms with E-state index in [1.54, 1.807) is 13.8 Å². The van der Waals surface area contributed by atoms with Gasteiger partial charge in [-0.3, -0.25) is 4.84 Å². The smallest absolute Gasteiger partial charge is 0.0967 e. The van der Waals surface area contributed by atoms with Gasteiger partial charge in [-0.15, -0.1) is 0 Å². The Morgan fingerprint density at radius 3 is 1.89 bits per heavy atom. The van der Waals surface area contributed by atoms with Crippen molar-refractivity contribution >= 4 is 0 Å². The van der Waals surface area contributed by atoms with Crippen LogP contribution in [0.4, 0.5) is 0 Å². The molecule has 0 atom stereocenters. The lowest BCUT2D eigenvalue weighted by Gasteiger charge is -2.55. The molecule has 1 N–H and O–H groups in total. The molecular formula is C16H33NO2. The zero-order valence-corrected chi connectivity index (χ0v) is 14.1. The standard InChI is InChI=1S/C16H33NO2/c1-12(2)13-9-14(3,4)17(15(5,6)10-13)19-11-16(7,8)18/h12-13,18H,9-11H2,1-8H3. The summed E-state index contributed by atoms with van der Waals surface area (Å²) in [6, 6.07) is 0. The van der Waals surface area contributed by atoms with Crippen LogP contribution in [0.5, 0.6) is 0 Å². The van der Waals surface area contributed by atoms with Crippen molar-refractivity contribution in [1.29, 1.82) is 0 Å². The second-order valence-corrected chi connectivity index (χ2v) is 8.42. The highest BCUT2D eigenvalue weighted by atomic mass is 16.7. The van der Waals surface area contributed by atoms with Gasteiger partial charge in [-0.25, -0.2) is 0 Å². The summed E-state index contributed by atoms with van der Waals surface area (Å²) in [5.41, 5.74) is -0.787. The Hall–Kier alpha value is -0.120. The molecule has 19 heavy (non-hydrogen) atoms. The van der Waals surface area contributed by atoms with Crippen LogP contribution in [-0.2, 0) is 4.84 Å². The van der Waals surface area contributed by atoms with E-state index in [0.29, 0.717) is 12.5 Å². The van der Waals surface area contributed by atoms with Gasteiger partial charge in [-0.05, 0) is 66.2 Å². The summed E-state index contributed by atoms with van der Waals surface area (Å²) in [7, 11) is 0. The van der Waals surface area contributed by atoms with Crippen LogP contribution in [0.15, 0.2) is 0 Å². The van der Waals surface area contributed by atoms with E-state index in [2.05, 4.69) is 46.6 Å². The number of rotatable bonds is 4.